The van der Waals surface area contributed by atoms with E-state index >= 15 is 0 Å². The molecule has 2 aliphatic rings. The molecule has 2 heterocycles. The van der Waals surface area contributed by atoms with Crippen LogP contribution in [-0.2, 0) is 11.2 Å². The molecule has 17 heavy (non-hydrogen) atoms. The van der Waals surface area contributed by atoms with Crippen molar-refractivity contribution in [2.45, 2.75) is 18.9 Å². The van der Waals surface area contributed by atoms with Crippen LogP contribution in [0.2, 0.25) is 0 Å². The molecule has 3 heteroatoms. The average molecular weight is 233 g/mol. The lowest BCUT2D eigenvalue weighted by Crippen LogP contribution is -2.43. The second kappa shape index (κ2) is 4.67. The summed E-state index contributed by atoms with van der Waals surface area (Å²) in [4.78, 5) is 0. The van der Waals surface area contributed by atoms with Crippen molar-refractivity contribution in [3.8, 4) is 5.75 Å². The Hall–Kier alpha value is -1.06. The van der Waals surface area contributed by atoms with E-state index in [1.54, 1.807) is 0 Å². The molecule has 0 amide bonds. The van der Waals surface area contributed by atoms with E-state index < -0.39 is 0 Å². The summed E-state index contributed by atoms with van der Waals surface area (Å²) in [7, 11) is 0. The van der Waals surface area contributed by atoms with Crippen LogP contribution in [0, 0.1) is 11.8 Å². The Labute approximate surface area is 102 Å². The highest BCUT2D eigenvalue weighted by Crippen LogP contribution is 2.31. The molecule has 1 aromatic carbocycles. The van der Waals surface area contributed by atoms with E-state index in [4.69, 9.17) is 15.2 Å². The summed E-state index contributed by atoms with van der Waals surface area (Å²) >= 11 is 0. The van der Waals surface area contributed by atoms with Crippen molar-refractivity contribution in [3.05, 3.63) is 29.8 Å². The van der Waals surface area contributed by atoms with Gasteiger partial charge < -0.3 is 15.2 Å². The van der Waals surface area contributed by atoms with Gasteiger partial charge in [-0.05, 0) is 30.4 Å². The zero-order valence-corrected chi connectivity index (χ0v) is 9.97. The van der Waals surface area contributed by atoms with Crippen LogP contribution in [-0.4, -0.2) is 25.9 Å². The van der Waals surface area contributed by atoms with E-state index in [2.05, 4.69) is 12.1 Å². The van der Waals surface area contributed by atoms with Gasteiger partial charge in [-0.3, -0.25) is 0 Å². The topological polar surface area (TPSA) is 44.5 Å². The van der Waals surface area contributed by atoms with Crippen LogP contribution in [0.5, 0.6) is 5.75 Å². The van der Waals surface area contributed by atoms with E-state index in [1.165, 1.54) is 5.56 Å². The summed E-state index contributed by atoms with van der Waals surface area (Å²) in [6.07, 6.45) is 2.13. The molecular weight excluding hydrogens is 214 g/mol. The number of benzene rings is 1. The number of para-hydroxylation sites is 1. The highest BCUT2D eigenvalue weighted by molar-refractivity contribution is 5.35. The lowest BCUT2D eigenvalue weighted by Gasteiger charge is -2.32. The van der Waals surface area contributed by atoms with Gasteiger partial charge in [-0.15, -0.1) is 0 Å². The zero-order chi connectivity index (χ0) is 11.7. The van der Waals surface area contributed by atoms with Crippen molar-refractivity contribution in [2.24, 2.45) is 17.6 Å². The number of ether oxygens (including phenoxy) is 2. The van der Waals surface area contributed by atoms with Crippen LogP contribution in [0.1, 0.15) is 12.0 Å². The van der Waals surface area contributed by atoms with Crippen molar-refractivity contribution in [1.82, 2.24) is 0 Å². The largest absolute Gasteiger partial charge is 0.493 e. The minimum atomic E-state index is 0.200. The van der Waals surface area contributed by atoms with E-state index in [9.17, 15) is 0 Å². The maximum atomic E-state index is 6.35. The summed E-state index contributed by atoms with van der Waals surface area (Å²) in [5, 5.41) is 0. The van der Waals surface area contributed by atoms with Crippen LogP contribution in [0.25, 0.3) is 0 Å². The molecule has 0 bridgehead atoms. The molecule has 0 aromatic heterocycles. The second-order valence-electron chi connectivity index (χ2n) is 5.08. The first kappa shape index (κ1) is 11.1. The molecule has 1 aromatic rings. The smallest absolute Gasteiger partial charge is 0.122 e. The van der Waals surface area contributed by atoms with Gasteiger partial charge in [0.2, 0.25) is 0 Å². The van der Waals surface area contributed by atoms with Gasteiger partial charge in [-0.2, -0.15) is 0 Å². The standard InChI is InChI=1S/C14H19NO2/c15-14(11-5-6-16-8-11)12-7-10-3-1-2-4-13(10)17-9-12/h1-4,11-12,14H,5-9,15H2. The predicted octanol–water partition coefficient (Wildman–Crippen LogP) is 1.60. The monoisotopic (exact) mass is 233 g/mol. The number of hydrogen-bond donors (Lipinski definition) is 1. The van der Waals surface area contributed by atoms with Crippen LogP contribution in [0.3, 0.4) is 0 Å². The molecule has 1 saturated heterocycles. The van der Waals surface area contributed by atoms with Gasteiger partial charge in [0.15, 0.2) is 0 Å². The number of hydrogen-bond acceptors (Lipinski definition) is 3. The molecule has 3 rings (SSSR count). The van der Waals surface area contributed by atoms with Crippen molar-refractivity contribution in [2.75, 3.05) is 19.8 Å². The molecule has 3 atom stereocenters. The third-order valence-electron chi connectivity index (χ3n) is 3.96. The molecule has 2 N–H and O–H groups in total. The zero-order valence-electron chi connectivity index (χ0n) is 9.97. The van der Waals surface area contributed by atoms with Gasteiger partial charge in [0.05, 0.1) is 13.2 Å². The Kier molecular flexibility index (Phi) is 3.04. The molecule has 0 aliphatic carbocycles. The average Bonchev–Trinajstić information content (AvgIpc) is 2.91. The molecule has 1 fully saturated rings. The Balaban J connectivity index is 1.70. The molecule has 0 spiro atoms. The third-order valence-corrected chi connectivity index (χ3v) is 3.96. The molecule has 0 saturated carbocycles. The minimum absolute atomic E-state index is 0.200. The van der Waals surface area contributed by atoms with Crippen LogP contribution < -0.4 is 10.5 Å². The van der Waals surface area contributed by atoms with E-state index in [0.717, 1.165) is 38.4 Å². The number of rotatable bonds is 2. The maximum absolute atomic E-state index is 6.35. The molecule has 3 unspecified atom stereocenters. The first-order chi connectivity index (χ1) is 8.34. The van der Waals surface area contributed by atoms with Gasteiger partial charge in [0.1, 0.15) is 5.75 Å². The van der Waals surface area contributed by atoms with Crippen LogP contribution in [0.15, 0.2) is 24.3 Å². The lowest BCUT2D eigenvalue weighted by atomic mass is 9.83. The number of fused-ring (bicyclic) bond motifs is 1. The van der Waals surface area contributed by atoms with E-state index in [0.29, 0.717) is 11.8 Å². The fourth-order valence-corrected chi connectivity index (χ4v) is 2.84. The normalized spacial score (nSPS) is 29.5. The van der Waals surface area contributed by atoms with Gasteiger partial charge in [0, 0.05) is 18.6 Å². The quantitative estimate of drug-likeness (QED) is 0.844. The number of nitrogens with two attached hydrogens (primary N) is 1. The molecule has 92 valence electrons. The van der Waals surface area contributed by atoms with Crippen LogP contribution >= 0.6 is 0 Å². The summed E-state index contributed by atoms with van der Waals surface area (Å²) < 4.78 is 11.2. The van der Waals surface area contributed by atoms with Gasteiger partial charge >= 0.3 is 0 Å². The van der Waals surface area contributed by atoms with Crippen molar-refractivity contribution < 1.29 is 9.47 Å². The summed E-state index contributed by atoms with van der Waals surface area (Å²) in [5.74, 6) is 1.96. The van der Waals surface area contributed by atoms with E-state index in [1.807, 2.05) is 12.1 Å². The van der Waals surface area contributed by atoms with Crippen molar-refractivity contribution in [1.29, 1.82) is 0 Å². The van der Waals surface area contributed by atoms with Gasteiger partial charge in [0.25, 0.3) is 0 Å². The van der Waals surface area contributed by atoms with Crippen LogP contribution in [0.4, 0.5) is 0 Å². The van der Waals surface area contributed by atoms with Gasteiger partial charge in [-0.25, -0.2) is 0 Å². The fourth-order valence-electron chi connectivity index (χ4n) is 2.84. The van der Waals surface area contributed by atoms with Crippen molar-refractivity contribution >= 4 is 0 Å². The first-order valence-corrected chi connectivity index (χ1v) is 6.38. The second-order valence-corrected chi connectivity index (χ2v) is 5.08. The Morgan fingerprint density at radius 1 is 1.18 bits per heavy atom. The highest BCUT2D eigenvalue weighted by atomic mass is 16.5. The fraction of sp³-hybridized carbons (Fsp3) is 0.571. The maximum Gasteiger partial charge on any atom is 0.122 e. The van der Waals surface area contributed by atoms with E-state index in [-0.39, 0.29) is 6.04 Å². The summed E-state index contributed by atoms with van der Waals surface area (Å²) in [5.41, 5.74) is 7.64. The summed E-state index contributed by atoms with van der Waals surface area (Å²) in [6.45, 7) is 2.43. The lowest BCUT2D eigenvalue weighted by molar-refractivity contribution is 0.147. The van der Waals surface area contributed by atoms with Crippen molar-refractivity contribution in [3.63, 3.8) is 0 Å². The Bertz CT molecular complexity index is 388. The predicted molar refractivity (Wildman–Crippen MR) is 66.0 cm³/mol. The molecular formula is C14H19NO2. The Morgan fingerprint density at radius 3 is 2.88 bits per heavy atom. The van der Waals surface area contributed by atoms with Gasteiger partial charge in [-0.1, -0.05) is 18.2 Å². The highest BCUT2D eigenvalue weighted by Gasteiger charge is 2.32. The SMILES string of the molecule is NC(C1CCOC1)C1COc2ccccc2C1. The molecule has 3 nitrogen and oxygen atoms in total. The molecule has 0 radical (unpaired) electrons. The minimum Gasteiger partial charge on any atom is -0.493 e. The summed E-state index contributed by atoms with van der Waals surface area (Å²) in [6, 6.07) is 8.46. The molecule has 2 aliphatic heterocycles. The third kappa shape index (κ3) is 2.17. The first-order valence-electron chi connectivity index (χ1n) is 6.38. The Morgan fingerprint density at radius 2 is 2.06 bits per heavy atom.